The lowest BCUT2D eigenvalue weighted by Gasteiger charge is -2.24. The van der Waals surface area contributed by atoms with Gasteiger partial charge in [0.1, 0.15) is 11.9 Å². The minimum absolute atomic E-state index is 0.122. The summed E-state index contributed by atoms with van der Waals surface area (Å²) >= 11 is 5.97. The summed E-state index contributed by atoms with van der Waals surface area (Å²) in [7, 11) is 1.60. The number of benzene rings is 2. The van der Waals surface area contributed by atoms with Crippen LogP contribution in [0.15, 0.2) is 53.1 Å². The molecule has 0 bridgehead atoms. The predicted octanol–water partition coefficient (Wildman–Crippen LogP) is 3.93. The molecule has 0 saturated carbocycles. The number of halogens is 1. The van der Waals surface area contributed by atoms with E-state index < -0.39 is 0 Å². The van der Waals surface area contributed by atoms with Gasteiger partial charge in [0.2, 0.25) is 5.82 Å². The average Bonchev–Trinajstić information content (AvgIpc) is 3.40. The van der Waals surface area contributed by atoms with E-state index in [1.54, 1.807) is 7.11 Å². The van der Waals surface area contributed by atoms with Crippen LogP contribution in [0.5, 0.6) is 5.75 Å². The Balaban J connectivity index is 1.42. The second kappa shape index (κ2) is 7.31. The summed E-state index contributed by atoms with van der Waals surface area (Å²) < 4.78 is 18.6. The molecule has 0 fully saturated rings. The summed E-state index contributed by atoms with van der Waals surface area (Å²) in [4.78, 5) is 4.48. The molecule has 0 saturated heterocycles. The van der Waals surface area contributed by atoms with E-state index in [1.165, 1.54) is 0 Å². The van der Waals surface area contributed by atoms with Crippen LogP contribution in [0.3, 0.4) is 0 Å². The van der Waals surface area contributed by atoms with E-state index in [0.717, 1.165) is 11.3 Å². The lowest BCUT2D eigenvalue weighted by atomic mass is 10.1. The van der Waals surface area contributed by atoms with Gasteiger partial charge in [0.15, 0.2) is 5.69 Å². The van der Waals surface area contributed by atoms with Crippen LogP contribution in [0.2, 0.25) is 5.02 Å². The van der Waals surface area contributed by atoms with Crippen LogP contribution >= 0.6 is 11.6 Å². The molecule has 8 nitrogen and oxygen atoms in total. The smallest absolute Gasteiger partial charge is 0.262 e. The first-order chi connectivity index (χ1) is 14.2. The molecule has 29 heavy (non-hydrogen) atoms. The van der Waals surface area contributed by atoms with E-state index in [0.29, 0.717) is 46.9 Å². The molecule has 0 amide bonds. The van der Waals surface area contributed by atoms with E-state index in [1.807, 2.05) is 53.2 Å². The Morgan fingerprint density at radius 3 is 2.79 bits per heavy atom. The first-order valence-electron chi connectivity index (χ1n) is 9.00. The van der Waals surface area contributed by atoms with Gasteiger partial charge in [0.05, 0.1) is 31.5 Å². The molecular formula is C20H16ClN5O3. The van der Waals surface area contributed by atoms with Gasteiger partial charge in [0.25, 0.3) is 5.89 Å². The number of methoxy groups -OCH3 is 1. The van der Waals surface area contributed by atoms with Crippen LogP contribution in [0.25, 0.3) is 23.0 Å². The SMILES string of the molecule is COc1ccccc1-c1nc(-c2nnn3c2CO[C@@H](c2ccc(Cl)cc2)C3)no1. The Kier molecular flexibility index (Phi) is 4.49. The van der Waals surface area contributed by atoms with Crippen molar-refractivity contribution >= 4 is 11.6 Å². The summed E-state index contributed by atoms with van der Waals surface area (Å²) in [6.45, 7) is 0.884. The number of rotatable bonds is 4. The summed E-state index contributed by atoms with van der Waals surface area (Å²) in [6, 6.07) is 15.1. The van der Waals surface area contributed by atoms with E-state index in [-0.39, 0.29) is 6.10 Å². The van der Waals surface area contributed by atoms with Crippen molar-refractivity contribution < 1.29 is 14.0 Å². The monoisotopic (exact) mass is 409 g/mol. The third-order valence-electron chi connectivity index (χ3n) is 4.81. The zero-order chi connectivity index (χ0) is 19.8. The highest BCUT2D eigenvalue weighted by atomic mass is 35.5. The third-order valence-corrected chi connectivity index (χ3v) is 5.07. The molecule has 146 valence electrons. The Hall–Kier alpha value is -3.23. The number of hydrogen-bond acceptors (Lipinski definition) is 7. The number of ether oxygens (including phenoxy) is 2. The minimum atomic E-state index is -0.122. The molecule has 2 aromatic heterocycles. The molecule has 4 aromatic rings. The topological polar surface area (TPSA) is 88.1 Å². The number of fused-ring (bicyclic) bond motifs is 1. The largest absolute Gasteiger partial charge is 0.496 e. The number of nitrogens with zero attached hydrogens (tertiary/aromatic N) is 5. The molecule has 9 heteroatoms. The molecule has 1 atom stereocenters. The van der Waals surface area contributed by atoms with Crippen molar-refractivity contribution in [3.63, 3.8) is 0 Å². The van der Waals surface area contributed by atoms with Crippen LogP contribution in [-0.4, -0.2) is 32.2 Å². The number of hydrogen-bond donors (Lipinski definition) is 0. The maximum atomic E-state index is 6.03. The molecule has 1 aliphatic heterocycles. The van der Waals surface area contributed by atoms with Gasteiger partial charge in [-0.3, -0.25) is 0 Å². The summed E-state index contributed by atoms with van der Waals surface area (Å²) in [5, 5.41) is 13.3. The van der Waals surface area contributed by atoms with E-state index in [4.69, 9.17) is 25.6 Å². The highest BCUT2D eigenvalue weighted by molar-refractivity contribution is 6.30. The summed E-state index contributed by atoms with van der Waals surface area (Å²) in [5.74, 6) is 1.37. The van der Waals surface area contributed by atoms with E-state index in [9.17, 15) is 0 Å². The fourth-order valence-corrected chi connectivity index (χ4v) is 3.44. The molecule has 1 aliphatic rings. The fraction of sp³-hybridized carbons (Fsp3) is 0.200. The Labute approximate surface area is 171 Å². The van der Waals surface area contributed by atoms with Gasteiger partial charge >= 0.3 is 0 Å². The predicted molar refractivity (Wildman–Crippen MR) is 104 cm³/mol. The van der Waals surface area contributed by atoms with Gasteiger partial charge in [-0.05, 0) is 29.8 Å². The normalized spacial score (nSPS) is 15.9. The maximum Gasteiger partial charge on any atom is 0.262 e. The van der Waals surface area contributed by atoms with Gasteiger partial charge in [-0.2, -0.15) is 4.98 Å². The highest BCUT2D eigenvalue weighted by Gasteiger charge is 2.28. The Morgan fingerprint density at radius 2 is 1.97 bits per heavy atom. The van der Waals surface area contributed by atoms with Crippen molar-refractivity contribution in [3.05, 3.63) is 64.8 Å². The first-order valence-corrected chi connectivity index (χ1v) is 9.37. The lowest BCUT2D eigenvalue weighted by molar-refractivity contribution is -0.00111. The molecule has 3 heterocycles. The van der Waals surface area contributed by atoms with Crippen molar-refractivity contribution in [2.24, 2.45) is 0 Å². The molecule has 0 unspecified atom stereocenters. The molecule has 0 spiro atoms. The van der Waals surface area contributed by atoms with Crippen molar-refractivity contribution in [2.75, 3.05) is 7.11 Å². The lowest BCUT2D eigenvalue weighted by Crippen LogP contribution is -2.22. The van der Waals surface area contributed by atoms with Crippen LogP contribution < -0.4 is 4.74 Å². The van der Waals surface area contributed by atoms with Gasteiger partial charge in [-0.15, -0.1) is 5.10 Å². The van der Waals surface area contributed by atoms with Crippen LogP contribution in [-0.2, 0) is 17.9 Å². The van der Waals surface area contributed by atoms with Crippen molar-refractivity contribution in [3.8, 4) is 28.7 Å². The molecule has 0 N–H and O–H groups in total. The maximum absolute atomic E-state index is 6.03. The first kappa shape index (κ1) is 17.8. The Morgan fingerprint density at radius 1 is 1.14 bits per heavy atom. The zero-order valence-electron chi connectivity index (χ0n) is 15.4. The van der Waals surface area contributed by atoms with Gasteiger partial charge in [-0.25, -0.2) is 4.68 Å². The molecule has 5 rings (SSSR count). The summed E-state index contributed by atoms with van der Waals surface area (Å²) in [6.07, 6.45) is -0.122. The standard InChI is InChI=1S/C20H16ClN5O3/c1-27-16-5-3-2-4-14(16)20-22-19(24-29-20)18-15-11-28-17(10-26(15)25-23-18)12-6-8-13(21)9-7-12/h2-9,17H,10-11H2,1H3/t17-/m1/s1. The van der Waals surface area contributed by atoms with Crippen molar-refractivity contribution in [2.45, 2.75) is 19.3 Å². The molecule has 2 aromatic carbocycles. The van der Waals surface area contributed by atoms with Crippen LogP contribution in [0.4, 0.5) is 0 Å². The number of para-hydroxylation sites is 1. The Bertz CT molecular complexity index is 1160. The van der Waals surface area contributed by atoms with Crippen molar-refractivity contribution in [1.82, 2.24) is 25.1 Å². The number of aromatic nitrogens is 5. The van der Waals surface area contributed by atoms with E-state index >= 15 is 0 Å². The second-order valence-electron chi connectivity index (χ2n) is 6.54. The summed E-state index contributed by atoms with van der Waals surface area (Å²) in [5.41, 5.74) is 3.11. The van der Waals surface area contributed by atoms with E-state index in [2.05, 4.69) is 20.5 Å². The average molecular weight is 410 g/mol. The van der Waals surface area contributed by atoms with Crippen LogP contribution in [0.1, 0.15) is 17.4 Å². The molecular weight excluding hydrogens is 394 g/mol. The third kappa shape index (κ3) is 3.26. The molecule has 0 radical (unpaired) electrons. The van der Waals surface area contributed by atoms with Gasteiger partial charge in [0, 0.05) is 5.02 Å². The highest BCUT2D eigenvalue weighted by Crippen LogP contribution is 2.33. The second-order valence-corrected chi connectivity index (χ2v) is 6.98. The quantitative estimate of drug-likeness (QED) is 0.504. The van der Waals surface area contributed by atoms with Crippen LogP contribution in [0, 0.1) is 0 Å². The minimum Gasteiger partial charge on any atom is -0.496 e. The molecule has 0 aliphatic carbocycles. The van der Waals surface area contributed by atoms with Gasteiger partial charge in [-0.1, -0.05) is 46.2 Å². The van der Waals surface area contributed by atoms with Crippen molar-refractivity contribution in [1.29, 1.82) is 0 Å². The zero-order valence-corrected chi connectivity index (χ0v) is 16.2. The fourth-order valence-electron chi connectivity index (χ4n) is 3.31. The van der Waals surface area contributed by atoms with Gasteiger partial charge < -0.3 is 14.0 Å².